The molecule has 23 heavy (non-hydrogen) atoms. The minimum atomic E-state index is -0.515. The van der Waals surface area contributed by atoms with Crippen molar-refractivity contribution in [1.29, 1.82) is 0 Å². The SMILES string of the molecule is O=C1NCc2cccc3cc(-c4ccccc4F)n(c23)C1=NO. The Morgan fingerprint density at radius 2 is 2.00 bits per heavy atom. The molecular weight excluding hydrogens is 297 g/mol. The predicted octanol–water partition coefficient (Wildman–Crippen LogP) is 2.71. The number of rotatable bonds is 1. The molecule has 0 atom stereocenters. The van der Waals surface area contributed by atoms with Crippen molar-refractivity contribution < 1.29 is 14.4 Å². The van der Waals surface area contributed by atoms with Gasteiger partial charge in [0.15, 0.2) is 0 Å². The summed E-state index contributed by atoms with van der Waals surface area (Å²) in [5.41, 5.74) is 2.41. The zero-order chi connectivity index (χ0) is 16.0. The molecule has 0 aliphatic carbocycles. The summed E-state index contributed by atoms with van der Waals surface area (Å²) in [7, 11) is 0. The third-order valence-corrected chi connectivity index (χ3v) is 4.01. The number of hydrogen-bond acceptors (Lipinski definition) is 3. The molecule has 1 amide bonds. The number of halogens is 1. The van der Waals surface area contributed by atoms with Gasteiger partial charge in [-0.3, -0.25) is 9.36 Å². The van der Waals surface area contributed by atoms with Crippen LogP contribution in [0.5, 0.6) is 0 Å². The topological polar surface area (TPSA) is 66.6 Å². The van der Waals surface area contributed by atoms with Gasteiger partial charge in [0, 0.05) is 17.5 Å². The van der Waals surface area contributed by atoms with Gasteiger partial charge in [0.25, 0.3) is 5.91 Å². The van der Waals surface area contributed by atoms with Crippen LogP contribution in [0.15, 0.2) is 53.7 Å². The highest BCUT2D eigenvalue weighted by molar-refractivity contribution is 6.40. The molecule has 1 aliphatic heterocycles. The van der Waals surface area contributed by atoms with Crippen LogP contribution < -0.4 is 5.32 Å². The first-order chi connectivity index (χ1) is 11.2. The molecular formula is C17H12FN3O2. The second-order valence-corrected chi connectivity index (χ2v) is 5.31. The van der Waals surface area contributed by atoms with Crippen LogP contribution in [0.2, 0.25) is 0 Å². The van der Waals surface area contributed by atoms with Crippen LogP contribution in [-0.4, -0.2) is 21.5 Å². The summed E-state index contributed by atoms with van der Waals surface area (Å²) in [5.74, 6) is -1.10. The van der Waals surface area contributed by atoms with E-state index in [0.29, 0.717) is 17.8 Å². The predicted molar refractivity (Wildman–Crippen MR) is 83.8 cm³/mol. The Morgan fingerprint density at radius 3 is 2.78 bits per heavy atom. The molecule has 0 saturated heterocycles. The number of aromatic nitrogens is 1. The average molecular weight is 309 g/mol. The zero-order valence-corrected chi connectivity index (χ0v) is 12.0. The summed E-state index contributed by atoms with van der Waals surface area (Å²) in [4.78, 5) is 12.2. The molecule has 3 aromatic rings. The maximum atomic E-state index is 14.3. The molecule has 2 aromatic carbocycles. The second-order valence-electron chi connectivity index (χ2n) is 5.31. The maximum absolute atomic E-state index is 14.3. The lowest BCUT2D eigenvalue weighted by Gasteiger charge is -2.10. The van der Waals surface area contributed by atoms with Crippen LogP contribution in [-0.2, 0) is 11.3 Å². The second kappa shape index (κ2) is 4.95. The van der Waals surface area contributed by atoms with E-state index in [1.807, 2.05) is 18.2 Å². The molecule has 114 valence electrons. The molecule has 2 N–H and O–H groups in total. The van der Waals surface area contributed by atoms with Crippen LogP contribution in [0.1, 0.15) is 5.56 Å². The highest BCUT2D eigenvalue weighted by Gasteiger charge is 2.26. The standard InChI is InChI=1S/C17H12FN3O2/c18-13-7-2-1-6-12(13)14-8-10-4-3-5-11-9-19-17(22)16(20-23)21(14)15(10)11/h1-8,23H,9H2,(H,19,22). The maximum Gasteiger partial charge on any atom is 0.291 e. The van der Waals surface area contributed by atoms with E-state index < -0.39 is 11.7 Å². The Kier molecular flexibility index (Phi) is 2.90. The van der Waals surface area contributed by atoms with Gasteiger partial charge >= 0.3 is 0 Å². The van der Waals surface area contributed by atoms with Crippen molar-refractivity contribution in [3.05, 3.63) is 59.9 Å². The monoisotopic (exact) mass is 309 g/mol. The molecule has 0 radical (unpaired) electrons. The van der Waals surface area contributed by atoms with Crippen molar-refractivity contribution in [2.75, 3.05) is 0 Å². The number of hydrogen-bond donors (Lipinski definition) is 2. The van der Waals surface area contributed by atoms with Gasteiger partial charge in [0.1, 0.15) is 5.82 Å². The first-order valence-electron chi connectivity index (χ1n) is 7.09. The van der Waals surface area contributed by atoms with Crippen molar-refractivity contribution in [3.8, 4) is 11.3 Å². The highest BCUT2D eigenvalue weighted by atomic mass is 19.1. The number of carbonyl (C=O) groups is 1. The summed E-state index contributed by atoms with van der Waals surface area (Å²) in [6.45, 7) is 0.315. The van der Waals surface area contributed by atoms with Gasteiger partial charge in [0.2, 0.25) is 5.84 Å². The van der Waals surface area contributed by atoms with Gasteiger partial charge in [-0.1, -0.05) is 35.5 Å². The normalized spacial score (nSPS) is 15.7. The van der Waals surface area contributed by atoms with E-state index in [0.717, 1.165) is 16.5 Å². The van der Waals surface area contributed by atoms with Gasteiger partial charge in [-0.05, 0) is 23.8 Å². The van der Waals surface area contributed by atoms with E-state index in [2.05, 4.69) is 10.5 Å². The molecule has 4 rings (SSSR count). The van der Waals surface area contributed by atoms with Gasteiger partial charge < -0.3 is 10.5 Å². The molecule has 2 heterocycles. The van der Waals surface area contributed by atoms with Crippen LogP contribution in [0.3, 0.4) is 0 Å². The van der Waals surface area contributed by atoms with Crippen LogP contribution in [0, 0.1) is 5.82 Å². The molecule has 0 bridgehead atoms. The number of carbonyl (C=O) groups excluding carboxylic acids is 1. The summed E-state index contributed by atoms with van der Waals surface area (Å²) < 4.78 is 15.8. The third-order valence-electron chi connectivity index (χ3n) is 4.01. The molecule has 0 saturated carbocycles. The zero-order valence-electron chi connectivity index (χ0n) is 12.0. The molecule has 0 spiro atoms. The van der Waals surface area contributed by atoms with Gasteiger partial charge in [0.05, 0.1) is 11.2 Å². The third kappa shape index (κ3) is 1.92. The number of nitrogens with one attached hydrogen (secondary N) is 1. The fraction of sp³-hybridized carbons (Fsp3) is 0.0588. The highest BCUT2D eigenvalue weighted by Crippen LogP contribution is 2.32. The van der Waals surface area contributed by atoms with Crippen LogP contribution in [0.4, 0.5) is 4.39 Å². The Bertz CT molecular complexity index is 975. The van der Waals surface area contributed by atoms with Gasteiger partial charge in [-0.15, -0.1) is 0 Å². The smallest absolute Gasteiger partial charge is 0.291 e. The number of para-hydroxylation sites is 1. The fourth-order valence-corrected chi connectivity index (χ4v) is 3.01. The van der Waals surface area contributed by atoms with Crippen molar-refractivity contribution in [1.82, 2.24) is 9.88 Å². The summed E-state index contributed by atoms with van der Waals surface area (Å²) in [6.07, 6.45) is 0. The average Bonchev–Trinajstić information content (AvgIpc) is 2.86. The summed E-state index contributed by atoms with van der Waals surface area (Å²) in [6, 6.07) is 13.7. The lowest BCUT2D eigenvalue weighted by atomic mass is 10.1. The van der Waals surface area contributed by atoms with Crippen LogP contribution >= 0.6 is 0 Å². The Hall–Kier alpha value is -3.15. The molecule has 1 aliphatic rings. The van der Waals surface area contributed by atoms with Crippen molar-refractivity contribution in [2.24, 2.45) is 5.16 Å². The van der Waals surface area contributed by atoms with E-state index in [4.69, 9.17) is 0 Å². The summed E-state index contributed by atoms with van der Waals surface area (Å²) in [5, 5.41) is 16.0. The Labute approximate surface area is 130 Å². The number of oxime groups is 1. The summed E-state index contributed by atoms with van der Waals surface area (Å²) >= 11 is 0. The lowest BCUT2D eigenvalue weighted by Crippen LogP contribution is -2.32. The van der Waals surface area contributed by atoms with Crippen LogP contribution in [0.25, 0.3) is 22.2 Å². The first-order valence-corrected chi connectivity index (χ1v) is 7.09. The van der Waals surface area contributed by atoms with E-state index in [-0.39, 0.29) is 5.84 Å². The fourth-order valence-electron chi connectivity index (χ4n) is 3.01. The molecule has 1 aromatic heterocycles. The van der Waals surface area contributed by atoms with Crippen molar-refractivity contribution in [3.63, 3.8) is 0 Å². The molecule has 6 heteroatoms. The molecule has 0 unspecified atom stereocenters. The van der Waals surface area contributed by atoms with E-state index >= 15 is 0 Å². The van der Waals surface area contributed by atoms with Crippen molar-refractivity contribution >= 4 is 22.6 Å². The number of nitrogens with zero attached hydrogens (tertiary/aromatic N) is 2. The Morgan fingerprint density at radius 1 is 1.17 bits per heavy atom. The first kappa shape index (κ1) is 13.5. The van der Waals surface area contributed by atoms with Gasteiger partial charge in [-0.2, -0.15) is 0 Å². The minimum Gasteiger partial charge on any atom is -0.409 e. The van der Waals surface area contributed by atoms with Crippen molar-refractivity contribution in [2.45, 2.75) is 6.54 Å². The lowest BCUT2D eigenvalue weighted by molar-refractivity contribution is -0.115. The number of benzene rings is 2. The van der Waals surface area contributed by atoms with E-state index in [9.17, 15) is 14.4 Å². The molecule has 0 fully saturated rings. The quantitative estimate of drug-likeness (QED) is 0.536. The number of amides is 1. The minimum absolute atomic E-state index is 0.178. The van der Waals surface area contributed by atoms with Gasteiger partial charge in [-0.25, -0.2) is 4.39 Å². The Balaban J connectivity index is 2.15. The largest absolute Gasteiger partial charge is 0.409 e. The molecule has 5 nitrogen and oxygen atoms in total. The van der Waals surface area contributed by atoms with E-state index in [1.165, 1.54) is 10.6 Å². The van der Waals surface area contributed by atoms with E-state index in [1.54, 1.807) is 24.3 Å².